The maximum Gasteiger partial charge on any atom is 0.327 e. The summed E-state index contributed by atoms with van der Waals surface area (Å²) in [5, 5.41) is 13.9. The zero-order valence-electron chi connectivity index (χ0n) is 27.0. The average molecular weight is 628 g/mol. The van der Waals surface area contributed by atoms with Crippen LogP contribution >= 0.6 is 0 Å². The maximum absolute atomic E-state index is 14.1. The zero-order chi connectivity index (χ0) is 32.2. The lowest BCUT2D eigenvalue weighted by Gasteiger charge is -2.48. The van der Waals surface area contributed by atoms with Gasteiger partial charge in [0.25, 0.3) is 0 Å². The molecule has 45 heavy (non-hydrogen) atoms. The van der Waals surface area contributed by atoms with Crippen molar-refractivity contribution in [2.24, 2.45) is 5.41 Å². The summed E-state index contributed by atoms with van der Waals surface area (Å²) in [5.41, 5.74) is 0.304. The highest BCUT2D eigenvalue weighted by atomic mass is 16.8. The lowest BCUT2D eigenvalue weighted by molar-refractivity contribution is -0.224. The van der Waals surface area contributed by atoms with Gasteiger partial charge in [0.1, 0.15) is 29.8 Å². The van der Waals surface area contributed by atoms with Crippen LogP contribution in [0, 0.1) is 5.41 Å². The fourth-order valence-corrected chi connectivity index (χ4v) is 7.35. The summed E-state index contributed by atoms with van der Waals surface area (Å²) in [7, 11) is 3.37. The number of aliphatic hydroxyl groups is 1. The molecular formula is C34H49N3O8. The van der Waals surface area contributed by atoms with Crippen LogP contribution in [0.2, 0.25) is 0 Å². The van der Waals surface area contributed by atoms with E-state index in [2.05, 4.69) is 19.2 Å². The van der Waals surface area contributed by atoms with E-state index in [0.29, 0.717) is 12.8 Å². The summed E-state index contributed by atoms with van der Waals surface area (Å²) >= 11 is 0. The van der Waals surface area contributed by atoms with Gasteiger partial charge in [-0.3, -0.25) is 19.2 Å². The Morgan fingerprint density at radius 2 is 1.76 bits per heavy atom. The highest BCUT2D eigenvalue weighted by molar-refractivity contribution is 5.94. The zero-order valence-corrected chi connectivity index (χ0v) is 27.0. The van der Waals surface area contributed by atoms with Crippen LogP contribution in [-0.2, 0) is 40.0 Å². The normalized spacial score (nSPS) is 29.9. The number of fused-ring (bicyclic) bond motifs is 4. The Bertz CT molecular complexity index is 1240. The number of amides is 2. The van der Waals surface area contributed by atoms with Crippen molar-refractivity contribution in [2.45, 2.75) is 114 Å². The molecule has 3 aliphatic heterocycles. The minimum Gasteiger partial charge on any atom is -0.458 e. The monoisotopic (exact) mass is 627 g/mol. The first-order valence-electron chi connectivity index (χ1n) is 16.6. The number of aliphatic hydroxyl groups excluding tert-OH is 1. The van der Waals surface area contributed by atoms with Crippen LogP contribution < -0.4 is 5.32 Å². The van der Waals surface area contributed by atoms with Crippen molar-refractivity contribution in [2.75, 3.05) is 27.2 Å². The predicted molar refractivity (Wildman–Crippen MR) is 166 cm³/mol. The van der Waals surface area contributed by atoms with E-state index >= 15 is 0 Å². The van der Waals surface area contributed by atoms with Crippen LogP contribution in [-0.4, -0.2) is 96.3 Å². The average Bonchev–Trinajstić information content (AvgIpc) is 3.58. The van der Waals surface area contributed by atoms with Crippen molar-refractivity contribution in [1.29, 1.82) is 0 Å². The minimum absolute atomic E-state index is 0.0523. The number of rotatable bonds is 15. The Kier molecular flexibility index (Phi) is 10.7. The second-order valence-corrected chi connectivity index (χ2v) is 13.0. The number of esters is 1. The number of ether oxygens (including phenoxy) is 3. The molecule has 2 amide bonds. The highest BCUT2D eigenvalue weighted by Gasteiger charge is 2.76. The van der Waals surface area contributed by atoms with E-state index in [1.807, 2.05) is 24.3 Å². The number of carbonyl (C=O) groups excluding carboxylic acids is 3. The molecule has 2 N–H and O–H groups in total. The molecule has 248 valence electrons. The molecule has 11 nitrogen and oxygen atoms in total. The largest absolute Gasteiger partial charge is 0.458 e. The first-order valence-corrected chi connectivity index (χ1v) is 16.6. The molecule has 2 unspecified atom stereocenters. The molecule has 3 heterocycles. The molecule has 4 fully saturated rings. The number of benzene rings is 1. The maximum atomic E-state index is 14.1. The summed E-state index contributed by atoms with van der Waals surface area (Å²) in [6, 6.07) is 6.53. The molecule has 1 aromatic rings. The third kappa shape index (κ3) is 6.55. The molecule has 3 saturated heterocycles. The predicted octanol–water partition coefficient (Wildman–Crippen LogP) is 3.34. The topological polar surface area (TPSA) is 127 Å². The summed E-state index contributed by atoms with van der Waals surface area (Å²) in [6.07, 6.45) is 8.36. The van der Waals surface area contributed by atoms with Crippen molar-refractivity contribution in [3.8, 4) is 0 Å². The van der Waals surface area contributed by atoms with Crippen molar-refractivity contribution in [3.05, 3.63) is 41.5 Å². The van der Waals surface area contributed by atoms with Gasteiger partial charge in [-0.25, -0.2) is 0 Å². The lowest BCUT2D eigenvalue weighted by atomic mass is 9.62. The Hall–Kier alpha value is -2.83. The molecule has 0 radical (unpaired) electrons. The third-order valence-electron chi connectivity index (χ3n) is 9.62. The van der Waals surface area contributed by atoms with Crippen LogP contribution in [0.25, 0.3) is 6.08 Å². The van der Waals surface area contributed by atoms with Gasteiger partial charge in [0, 0.05) is 46.0 Å². The van der Waals surface area contributed by atoms with Gasteiger partial charge in [-0.2, -0.15) is 5.06 Å². The molecule has 1 aliphatic carbocycles. The van der Waals surface area contributed by atoms with E-state index in [9.17, 15) is 19.5 Å². The van der Waals surface area contributed by atoms with Crippen molar-refractivity contribution >= 4 is 23.9 Å². The number of hydroxylamine groups is 2. The first-order chi connectivity index (χ1) is 21.7. The van der Waals surface area contributed by atoms with Gasteiger partial charge in [0.2, 0.25) is 11.8 Å². The second-order valence-electron chi connectivity index (χ2n) is 13.0. The van der Waals surface area contributed by atoms with E-state index in [0.717, 1.165) is 49.7 Å². The number of hydrogen-bond donors (Lipinski definition) is 2. The first kappa shape index (κ1) is 33.5. The third-order valence-corrected chi connectivity index (χ3v) is 9.62. The minimum atomic E-state index is -1.30. The summed E-state index contributed by atoms with van der Waals surface area (Å²) < 4.78 is 19.7. The molecule has 1 saturated carbocycles. The van der Waals surface area contributed by atoms with E-state index in [1.165, 1.54) is 11.0 Å². The summed E-state index contributed by atoms with van der Waals surface area (Å²) in [6.45, 7) is 4.31. The molecule has 1 aromatic carbocycles. The molecular weight excluding hydrogens is 578 g/mol. The Balaban J connectivity index is 1.50. The Morgan fingerprint density at radius 3 is 2.42 bits per heavy atom. The van der Waals surface area contributed by atoms with E-state index < -0.39 is 47.6 Å². The molecule has 2 bridgehead atoms. The van der Waals surface area contributed by atoms with Gasteiger partial charge in [-0.1, -0.05) is 63.8 Å². The van der Waals surface area contributed by atoms with E-state index in [4.69, 9.17) is 19.0 Å². The van der Waals surface area contributed by atoms with Crippen molar-refractivity contribution < 1.29 is 38.5 Å². The summed E-state index contributed by atoms with van der Waals surface area (Å²) in [5.74, 6) is -1.90. The van der Waals surface area contributed by atoms with Gasteiger partial charge in [-0.05, 0) is 30.0 Å². The Labute approximate surface area is 266 Å². The fourth-order valence-electron chi connectivity index (χ4n) is 7.35. The molecule has 0 aromatic heterocycles. The fraction of sp³-hybridized carbons (Fsp3) is 0.676. The van der Waals surface area contributed by atoms with E-state index in [1.54, 1.807) is 25.2 Å². The number of hydrogen-bond acceptors (Lipinski definition) is 9. The SMILES string of the molecule is CCCCCC1(CCCCC)O[C@@H]2[C@H]3ON(Cc4ccccc4C=CC(=O)N(C)C)[C@H]4C(=O)OC(CC34C(=O)NCCO)[C@@H]2O1. The lowest BCUT2D eigenvalue weighted by Crippen LogP contribution is -2.69. The molecule has 5 rings (SSSR count). The van der Waals surface area contributed by atoms with Gasteiger partial charge in [-0.15, -0.1) is 0 Å². The molecule has 11 heteroatoms. The standard InChI is InChI=1S/C34H49N3O8/c1-5-7-11-17-33(18-12-8-6-2)43-27-25-21-34(32(41)35-19-20-38)29(31(40)42-25)37(45-30(34)28(27)44-33)22-24-14-10-9-13-23(24)15-16-26(39)36(3)4/h9-10,13-16,25,27-30,38H,5-8,11-12,17-22H2,1-4H3,(H,35,41)/t25?,27-,28-,29-,30+,34?/m0/s1. The summed E-state index contributed by atoms with van der Waals surface area (Å²) in [4.78, 5) is 48.4. The van der Waals surface area contributed by atoms with E-state index in [-0.39, 0.29) is 37.9 Å². The van der Waals surface area contributed by atoms with Gasteiger partial charge < -0.3 is 29.5 Å². The van der Waals surface area contributed by atoms with Crippen molar-refractivity contribution in [3.63, 3.8) is 0 Å². The van der Waals surface area contributed by atoms with Crippen LogP contribution in [0.3, 0.4) is 0 Å². The van der Waals surface area contributed by atoms with Crippen LogP contribution in [0.1, 0.15) is 82.8 Å². The number of carbonyl (C=O) groups is 3. The quantitative estimate of drug-likeness (QED) is 0.171. The highest BCUT2D eigenvalue weighted by Crippen LogP contribution is 2.58. The van der Waals surface area contributed by atoms with Crippen LogP contribution in [0.5, 0.6) is 0 Å². The van der Waals surface area contributed by atoms with Gasteiger partial charge in [0.15, 0.2) is 11.8 Å². The van der Waals surface area contributed by atoms with Gasteiger partial charge >= 0.3 is 5.97 Å². The smallest absolute Gasteiger partial charge is 0.327 e. The number of nitrogens with zero attached hydrogens (tertiary/aromatic N) is 2. The Morgan fingerprint density at radius 1 is 1.07 bits per heavy atom. The van der Waals surface area contributed by atoms with Crippen molar-refractivity contribution in [1.82, 2.24) is 15.3 Å². The molecule has 6 atom stereocenters. The van der Waals surface area contributed by atoms with Gasteiger partial charge in [0.05, 0.1) is 13.2 Å². The second kappa shape index (κ2) is 14.3. The van der Waals surface area contributed by atoms with Crippen LogP contribution in [0.15, 0.2) is 30.3 Å². The number of unbranched alkanes of at least 4 members (excludes halogenated alkanes) is 4. The number of nitrogens with one attached hydrogen (secondary N) is 1. The van der Waals surface area contributed by atoms with Crippen LogP contribution in [0.4, 0.5) is 0 Å². The molecule has 4 aliphatic rings. The molecule has 0 spiro atoms. The number of likely N-dealkylation sites (N-methyl/N-ethyl adjacent to an activating group) is 1.